The molecule has 1 aliphatic carbocycles. The molecule has 0 aliphatic heterocycles. The standard InChI is InChI=1S/C44H31N/c1-3-17-32(18-4-1)44(33-19-5-2-6-20-33)39-26-11-7-24-37(39)43(38-25-8-12-27-40(38)44)31-16-15-21-34(30-31)45-41-28-13-9-22-35(41)36-23-10-14-29-42(36)45/h1-30,43H. The minimum absolute atomic E-state index is 0.0889. The third-order valence-corrected chi connectivity index (χ3v) is 9.81. The van der Waals surface area contributed by atoms with Crippen LogP contribution in [0.4, 0.5) is 0 Å². The predicted octanol–water partition coefficient (Wildman–Crippen LogP) is 10.7. The van der Waals surface area contributed by atoms with Gasteiger partial charge in [0.25, 0.3) is 0 Å². The van der Waals surface area contributed by atoms with E-state index in [1.54, 1.807) is 0 Å². The van der Waals surface area contributed by atoms with Crippen LogP contribution in [0.25, 0.3) is 27.5 Å². The summed E-state index contributed by atoms with van der Waals surface area (Å²) < 4.78 is 2.42. The van der Waals surface area contributed by atoms with Crippen LogP contribution >= 0.6 is 0 Å². The lowest BCUT2D eigenvalue weighted by Gasteiger charge is -2.45. The molecule has 1 aliphatic rings. The molecule has 1 heteroatoms. The number of para-hydroxylation sites is 2. The first-order valence-corrected chi connectivity index (χ1v) is 15.7. The SMILES string of the molecule is c1ccc(C2(c3ccccc3)c3ccccc3C(c3cccc(-n4c5ccccc5c5ccccc54)c3)c3ccccc32)cc1. The molecule has 9 rings (SSSR count). The number of rotatable bonds is 4. The molecule has 0 bridgehead atoms. The van der Waals surface area contributed by atoms with Crippen molar-refractivity contribution in [3.63, 3.8) is 0 Å². The number of fused-ring (bicyclic) bond motifs is 5. The molecule has 1 nitrogen and oxygen atoms in total. The summed E-state index contributed by atoms with van der Waals surface area (Å²) in [6.07, 6.45) is 0. The van der Waals surface area contributed by atoms with Gasteiger partial charge in [-0.1, -0.05) is 158 Å². The van der Waals surface area contributed by atoms with Gasteiger partial charge in [0.15, 0.2) is 0 Å². The Kier molecular flexibility index (Phi) is 5.86. The van der Waals surface area contributed by atoms with Crippen LogP contribution in [0.1, 0.15) is 44.9 Å². The largest absolute Gasteiger partial charge is 0.309 e. The number of aromatic nitrogens is 1. The predicted molar refractivity (Wildman–Crippen MR) is 186 cm³/mol. The maximum atomic E-state index is 2.42. The van der Waals surface area contributed by atoms with Gasteiger partial charge in [-0.25, -0.2) is 0 Å². The van der Waals surface area contributed by atoms with E-state index in [-0.39, 0.29) is 5.92 Å². The third-order valence-electron chi connectivity index (χ3n) is 9.81. The second-order valence-corrected chi connectivity index (χ2v) is 12.1. The second kappa shape index (κ2) is 10.2. The molecular weight excluding hydrogens is 542 g/mol. The highest BCUT2D eigenvalue weighted by molar-refractivity contribution is 6.09. The zero-order valence-electron chi connectivity index (χ0n) is 24.8. The van der Waals surface area contributed by atoms with Gasteiger partial charge in [0.2, 0.25) is 0 Å². The Balaban J connectivity index is 1.33. The average Bonchev–Trinajstić information content (AvgIpc) is 3.46. The van der Waals surface area contributed by atoms with Crippen molar-refractivity contribution >= 4 is 21.8 Å². The Labute approximate surface area is 263 Å². The molecule has 0 fully saturated rings. The lowest BCUT2D eigenvalue weighted by Crippen LogP contribution is -2.37. The molecule has 0 amide bonds. The molecule has 1 heterocycles. The van der Waals surface area contributed by atoms with Gasteiger partial charge >= 0.3 is 0 Å². The van der Waals surface area contributed by atoms with Crippen LogP contribution in [-0.4, -0.2) is 4.57 Å². The highest BCUT2D eigenvalue weighted by Crippen LogP contribution is 2.55. The fraction of sp³-hybridized carbons (Fsp3) is 0.0455. The van der Waals surface area contributed by atoms with Gasteiger partial charge in [-0.3, -0.25) is 0 Å². The monoisotopic (exact) mass is 573 g/mol. The molecule has 0 saturated heterocycles. The summed E-state index contributed by atoms with van der Waals surface area (Å²) in [5.41, 5.74) is 12.5. The van der Waals surface area contributed by atoms with E-state index in [2.05, 4.69) is 187 Å². The van der Waals surface area contributed by atoms with Gasteiger partial charge in [-0.15, -0.1) is 0 Å². The van der Waals surface area contributed by atoms with E-state index in [0.29, 0.717) is 0 Å². The first-order valence-electron chi connectivity index (χ1n) is 15.7. The van der Waals surface area contributed by atoms with Gasteiger partial charge in [0.05, 0.1) is 16.4 Å². The fourth-order valence-electron chi connectivity index (χ4n) is 8.06. The Bertz CT molecular complexity index is 2190. The van der Waals surface area contributed by atoms with Crippen LogP contribution in [0.2, 0.25) is 0 Å². The Hall–Kier alpha value is -5.66. The van der Waals surface area contributed by atoms with Crippen molar-refractivity contribution < 1.29 is 0 Å². The Morgan fingerprint density at radius 1 is 0.400 bits per heavy atom. The Morgan fingerprint density at radius 2 is 0.867 bits per heavy atom. The minimum atomic E-state index is -0.434. The van der Waals surface area contributed by atoms with Crippen LogP contribution in [0.5, 0.6) is 0 Å². The summed E-state index contributed by atoms with van der Waals surface area (Å²) in [4.78, 5) is 0. The van der Waals surface area contributed by atoms with E-state index in [4.69, 9.17) is 0 Å². The van der Waals surface area contributed by atoms with E-state index in [1.807, 2.05) is 0 Å². The molecule has 0 radical (unpaired) electrons. The van der Waals surface area contributed by atoms with Gasteiger partial charge in [-0.2, -0.15) is 0 Å². The Morgan fingerprint density at radius 3 is 1.42 bits per heavy atom. The van der Waals surface area contributed by atoms with E-state index in [9.17, 15) is 0 Å². The van der Waals surface area contributed by atoms with Gasteiger partial charge in [0, 0.05) is 22.4 Å². The average molecular weight is 574 g/mol. The molecule has 0 unspecified atom stereocenters. The summed E-state index contributed by atoms with van der Waals surface area (Å²) in [5.74, 6) is 0.0889. The lowest BCUT2D eigenvalue weighted by molar-refractivity contribution is 0.681. The van der Waals surface area contributed by atoms with E-state index in [1.165, 1.54) is 66.4 Å². The number of benzene rings is 7. The van der Waals surface area contributed by atoms with E-state index >= 15 is 0 Å². The highest BCUT2D eigenvalue weighted by atomic mass is 15.0. The smallest absolute Gasteiger partial charge is 0.0707 e. The molecule has 0 N–H and O–H groups in total. The molecule has 8 aromatic rings. The van der Waals surface area contributed by atoms with Crippen molar-refractivity contribution in [2.45, 2.75) is 11.3 Å². The molecule has 1 aromatic heterocycles. The van der Waals surface area contributed by atoms with Crippen LogP contribution in [0.3, 0.4) is 0 Å². The summed E-state index contributed by atoms with van der Waals surface area (Å²) in [5, 5.41) is 2.56. The molecule has 45 heavy (non-hydrogen) atoms. The van der Waals surface area contributed by atoms with E-state index in [0.717, 1.165) is 0 Å². The van der Waals surface area contributed by atoms with Crippen molar-refractivity contribution in [2.75, 3.05) is 0 Å². The number of nitrogens with zero attached hydrogens (tertiary/aromatic N) is 1. The number of hydrogen-bond acceptors (Lipinski definition) is 0. The molecule has 7 aromatic carbocycles. The maximum absolute atomic E-state index is 2.42. The van der Waals surface area contributed by atoms with Crippen LogP contribution in [-0.2, 0) is 5.41 Å². The first-order chi connectivity index (χ1) is 22.4. The van der Waals surface area contributed by atoms with Gasteiger partial charge in [0.1, 0.15) is 0 Å². The number of hydrogen-bond donors (Lipinski definition) is 0. The summed E-state index contributed by atoms with van der Waals surface area (Å²) in [7, 11) is 0. The highest BCUT2D eigenvalue weighted by Gasteiger charge is 2.46. The van der Waals surface area contributed by atoms with Crippen LogP contribution in [0.15, 0.2) is 182 Å². The topological polar surface area (TPSA) is 4.93 Å². The normalized spacial score (nSPS) is 13.9. The summed E-state index contributed by atoms with van der Waals surface area (Å²) in [6.45, 7) is 0. The van der Waals surface area contributed by atoms with Crippen molar-refractivity contribution in [3.8, 4) is 5.69 Å². The lowest BCUT2D eigenvalue weighted by atomic mass is 9.57. The molecule has 0 spiro atoms. The summed E-state index contributed by atoms with van der Waals surface area (Å²) >= 11 is 0. The van der Waals surface area contributed by atoms with Crippen LogP contribution < -0.4 is 0 Å². The zero-order chi connectivity index (χ0) is 29.8. The van der Waals surface area contributed by atoms with Crippen molar-refractivity contribution in [3.05, 3.63) is 221 Å². The van der Waals surface area contributed by atoms with Gasteiger partial charge < -0.3 is 4.57 Å². The van der Waals surface area contributed by atoms with Gasteiger partial charge in [-0.05, 0) is 63.2 Å². The molecule has 0 atom stereocenters. The van der Waals surface area contributed by atoms with Crippen molar-refractivity contribution in [1.82, 2.24) is 4.57 Å². The van der Waals surface area contributed by atoms with Crippen molar-refractivity contribution in [2.24, 2.45) is 0 Å². The third kappa shape index (κ3) is 3.74. The second-order valence-electron chi connectivity index (χ2n) is 12.1. The minimum Gasteiger partial charge on any atom is -0.309 e. The summed E-state index contributed by atoms with van der Waals surface area (Å²) in [6, 6.07) is 67.1. The van der Waals surface area contributed by atoms with Crippen LogP contribution in [0, 0.1) is 0 Å². The molecular formula is C44H31N. The maximum Gasteiger partial charge on any atom is 0.0707 e. The molecule has 212 valence electrons. The fourth-order valence-corrected chi connectivity index (χ4v) is 8.06. The first kappa shape index (κ1) is 25.8. The van der Waals surface area contributed by atoms with Crippen molar-refractivity contribution in [1.29, 1.82) is 0 Å². The molecule has 0 saturated carbocycles. The van der Waals surface area contributed by atoms with E-state index < -0.39 is 5.41 Å². The zero-order valence-corrected chi connectivity index (χ0v) is 24.8. The quantitative estimate of drug-likeness (QED) is 0.197.